The van der Waals surface area contributed by atoms with Crippen molar-refractivity contribution in [3.05, 3.63) is 0 Å². The van der Waals surface area contributed by atoms with E-state index in [2.05, 4.69) is 5.32 Å². The maximum Gasteiger partial charge on any atom is 0.407 e. The lowest BCUT2D eigenvalue weighted by Gasteiger charge is -2.28. The van der Waals surface area contributed by atoms with Crippen LogP contribution in [0.3, 0.4) is 0 Å². The molecule has 1 fully saturated rings. The first-order valence-electron chi connectivity index (χ1n) is 3.40. The van der Waals surface area contributed by atoms with E-state index in [0.717, 1.165) is 6.29 Å². The molecule has 0 aromatic rings. The normalized spacial score (nSPS) is 24.7. The number of carboxylic acid groups (broad SMARTS) is 1. The van der Waals surface area contributed by atoms with E-state index in [4.69, 9.17) is 5.11 Å². The standard InChI is InChI=1S/C6H10N2O3/c9-4-5-3-8(6(10)11)2-1-7-5/h4-5,7H,1-3H2,(H,10,11). The summed E-state index contributed by atoms with van der Waals surface area (Å²) in [4.78, 5) is 21.9. The van der Waals surface area contributed by atoms with Crippen LogP contribution in [0.1, 0.15) is 0 Å². The number of hydrogen-bond acceptors (Lipinski definition) is 3. The van der Waals surface area contributed by atoms with Gasteiger partial charge in [0.05, 0.1) is 6.04 Å². The molecular formula is C6H10N2O3. The highest BCUT2D eigenvalue weighted by molar-refractivity contribution is 5.67. The molecule has 2 N–H and O–H groups in total. The highest BCUT2D eigenvalue weighted by Crippen LogP contribution is 1.96. The molecule has 1 heterocycles. The van der Waals surface area contributed by atoms with Crippen molar-refractivity contribution in [2.45, 2.75) is 6.04 Å². The van der Waals surface area contributed by atoms with Crippen molar-refractivity contribution in [3.63, 3.8) is 0 Å². The predicted molar refractivity (Wildman–Crippen MR) is 37.5 cm³/mol. The molecule has 1 atom stereocenters. The van der Waals surface area contributed by atoms with Crippen LogP contribution >= 0.6 is 0 Å². The lowest BCUT2D eigenvalue weighted by Crippen LogP contribution is -2.52. The molecule has 0 radical (unpaired) electrons. The van der Waals surface area contributed by atoms with Crippen molar-refractivity contribution in [2.75, 3.05) is 19.6 Å². The van der Waals surface area contributed by atoms with Crippen LogP contribution < -0.4 is 5.32 Å². The minimum absolute atomic E-state index is 0.263. The van der Waals surface area contributed by atoms with Crippen LogP contribution in [-0.2, 0) is 4.79 Å². The van der Waals surface area contributed by atoms with Crippen LogP contribution in [0.5, 0.6) is 0 Å². The number of aldehydes is 1. The van der Waals surface area contributed by atoms with Gasteiger partial charge in [-0.25, -0.2) is 4.79 Å². The molecule has 5 heteroatoms. The van der Waals surface area contributed by atoms with Crippen LogP contribution in [0.4, 0.5) is 4.79 Å². The van der Waals surface area contributed by atoms with E-state index < -0.39 is 6.09 Å². The molecule has 0 saturated carbocycles. The lowest BCUT2D eigenvalue weighted by atomic mass is 10.2. The summed E-state index contributed by atoms with van der Waals surface area (Å²) in [5, 5.41) is 11.4. The van der Waals surface area contributed by atoms with E-state index in [0.29, 0.717) is 13.1 Å². The van der Waals surface area contributed by atoms with E-state index in [-0.39, 0.29) is 12.6 Å². The van der Waals surface area contributed by atoms with Crippen molar-refractivity contribution in [3.8, 4) is 0 Å². The van der Waals surface area contributed by atoms with Gasteiger partial charge in [0.25, 0.3) is 0 Å². The second-order valence-electron chi connectivity index (χ2n) is 2.43. The Morgan fingerprint density at radius 1 is 1.73 bits per heavy atom. The summed E-state index contributed by atoms with van der Waals surface area (Å²) in [6, 6.07) is -0.333. The third-order valence-electron chi connectivity index (χ3n) is 1.64. The number of hydrogen-bond donors (Lipinski definition) is 2. The first-order chi connectivity index (χ1) is 5.24. The summed E-state index contributed by atoms with van der Waals surface area (Å²) in [5.41, 5.74) is 0. The van der Waals surface area contributed by atoms with Crippen LogP contribution in [0, 0.1) is 0 Å². The average molecular weight is 158 g/mol. The zero-order valence-corrected chi connectivity index (χ0v) is 5.99. The van der Waals surface area contributed by atoms with E-state index in [1.165, 1.54) is 4.90 Å². The molecule has 0 aliphatic carbocycles. The largest absolute Gasteiger partial charge is 0.465 e. The van der Waals surface area contributed by atoms with Gasteiger partial charge in [-0.2, -0.15) is 0 Å². The van der Waals surface area contributed by atoms with Gasteiger partial charge >= 0.3 is 6.09 Å². The van der Waals surface area contributed by atoms with E-state index in [1.807, 2.05) is 0 Å². The Morgan fingerprint density at radius 2 is 2.45 bits per heavy atom. The second-order valence-corrected chi connectivity index (χ2v) is 2.43. The second kappa shape index (κ2) is 3.34. The van der Waals surface area contributed by atoms with Crippen molar-refractivity contribution in [1.29, 1.82) is 0 Å². The lowest BCUT2D eigenvalue weighted by molar-refractivity contribution is -0.110. The summed E-state index contributed by atoms with van der Waals surface area (Å²) in [5.74, 6) is 0. The quantitative estimate of drug-likeness (QED) is 0.487. The molecule has 1 saturated heterocycles. The van der Waals surface area contributed by atoms with Gasteiger partial charge in [-0.05, 0) is 0 Å². The fourth-order valence-corrected chi connectivity index (χ4v) is 1.04. The number of piperazine rings is 1. The SMILES string of the molecule is O=CC1CN(C(=O)O)CCN1. The van der Waals surface area contributed by atoms with Crippen molar-refractivity contribution in [1.82, 2.24) is 10.2 Å². The number of amides is 1. The molecule has 0 spiro atoms. The van der Waals surface area contributed by atoms with Gasteiger partial charge in [0, 0.05) is 19.6 Å². The number of nitrogens with zero attached hydrogens (tertiary/aromatic N) is 1. The first-order valence-corrected chi connectivity index (χ1v) is 3.40. The smallest absolute Gasteiger partial charge is 0.407 e. The van der Waals surface area contributed by atoms with Crippen LogP contribution in [-0.4, -0.2) is 48.1 Å². The summed E-state index contributed by atoms with van der Waals surface area (Å²) >= 11 is 0. The van der Waals surface area contributed by atoms with Gasteiger partial charge in [-0.15, -0.1) is 0 Å². The molecule has 62 valence electrons. The Hall–Kier alpha value is -1.10. The highest BCUT2D eigenvalue weighted by Gasteiger charge is 2.21. The predicted octanol–water partition coefficient (Wildman–Crippen LogP) is -0.863. The van der Waals surface area contributed by atoms with Gasteiger partial charge in [-0.1, -0.05) is 0 Å². The molecule has 0 aromatic heterocycles. The molecule has 11 heavy (non-hydrogen) atoms. The summed E-state index contributed by atoms with van der Waals surface area (Å²) in [6.45, 7) is 1.27. The number of rotatable bonds is 1. The molecule has 1 rings (SSSR count). The monoisotopic (exact) mass is 158 g/mol. The van der Waals surface area contributed by atoms with Crippen LogP contribution in [0.25, 0.3) is 0 Å². The third-order valence-corrected chi connectivity index (χ3v) is 1.64. The minimum Gasteiger partial charge on any atom is -0.465 e. The minimum atomic E-state index is -0.960. The van der Waals surface area contributed by atoms with Gasteiger partial charge in [-0.3, -0.25) is 0 Å². The Balaban J connectivity index is 2.45. The van der Waals surface area contributed by atoms with Gasteiger partial charge in [0.1, 0.15) is 6.29 Å². The topological polar surface area (TPSA) is 69.6 Å². The Labute approximate surface area is 64.0 Å². The fraction of sp³-hybridized carbons (Fsp3) is 0.667. The molecule has 0 aromatic carbocycles. The highest BCUT2D eigenvalue weighted by atomic mass is 16.4. The van der Waals surface area contributed by atoms with Gasteiger partial charge < -0.3 is 20.1 Å². The molecule has 0 bridgehead atoms. The maximum absolute atomic E-state index is 10.4. The zero-order chi connectivity index (χ0) is 8.27. The zero-order valence-electron chi connectivity index (χ0n) is 5.99. The molecule has 1 aliphatic heterocycles. The van der Waals surface area contributed by atoms with Crippen molar-refractivity contribution in [2.24, 2.45) is 0 Å². The molecule has 5 nitrogen and oxygen atoms in total. The van der Waals surface area contributed by atoms with E-state index >= 15 is 0 Å². The van der Waals surface area contributed by atoms with Crippen LogP contribution in [0.15, 0.2) is 0 Å². The maximum atomic E-state index is 10.4. The Morgan fingerprint density at radius 3 is 3.00 bits per heavy atom. The van der Waals surface area contributed by atoms with Crippen molar-refractivity contribution < 1.29 is 14.7 Å². The average Bonchev–Trinajstić information content (AvgIpc) is 2.05. The number of carbonyl (C=O) groups excluding carboxylic acids is 1. The van der Waals surface area contributed by atoms with E-state index in [9.17, 15) is 9.59 Å². The molecule has 1 unspecified atom stereocenters. The summed E-state index contributed by atoms with van der Waals surface area (Å²) in [7, 11) is 0. The first kappa shape index (κ1) is 8.00. The summed E-state index contributed by atoms with van der Waals surface area (Å²) in [6.07, 6.45) is -0.229. The summed E-state index contributed by atoms with van der Waals surface area (Å²) < 4.78 is 0. The van der Waals surface area contributed by atoms with Crippen molar-refractivity contribution >= 4 is 12.4 Å². The number of nitrogens with one attached hydrogen (secondary N) is 1. The number of carbonyl (C=O) groups is 2. The molecule has 1 amide bonds. The van der Waals surface area contributed by atoms with Gasteiger partial charge in [0.2, 0.25) is 0 Å². The fourth-order valence-electron chi connectivity index (χ4n) is 1.04. The molecule has 1 aliphatic rings. The van der Waals surface area contributed by atoms with Crippen LogP contribution in [0.2, 0.25) is 0 Å². The molecular weight excluding hydrogens is 148 g/mol. The van der Waals surface area contributed by atoms with E-state index in [1.54, 1.807) is 0 Å². The Kier molecular flexibility index (Phi) is 2.43. The Bertz CT molecular complexity index is 171. The third kappa shape index (κ3) is 1.91. The van der Waals surface area contributed by atoms with Gasteiger partial charge in [0.15, 0.2) is 0 Å².